The summed E-state index contributed by atoms with van der Waals surface area (Å²) in [5.41, 5.74) is 0.992. The van der Waals surface area contributed by atoms with Crippen LogP contribution in [0, 0.1) is 5.92 Å². The predicted octanol–water partition coefficient (Wildman–Crippen LogP) is 2.80. The molecule has 92 valence electrons. The van der Waals surface area contributed by atoms with Crippen molar-refractivity contribution in [1.29, 1.82) is 0 Å². The number of halogens is 1. The van der Waals surface area contributed by atoms with Gasteiger partial charge in [0.15, 0.2) is 0 Å². The molecule has 0 N–H and O–H groups in total. The van der Waals surface area contributed by atoms with Gasteiger partial charge in [-0.1, -0.05) is 41.9 Å². The number of rotatable bonds is 7. The summed E-state index contributed by atoms with van der Waals surface area (Å²) in [5, 5.41) is 8.17. The Morgan fingerprint density at radius 2 is 2.25 bits per heavy atom. The second-order valence-corrected chi connectivity index (χ2v) is 5.36. The zero-order chi connectivity index (χ0) is 12.0. The SMILES string of the molecule is CCC(Br)c1cn(CCOCC(C)C)nn1. The quantitative estimate of drug-likeness (QED) is 0.572. The summed E-state index contributed by atoms with van der Waals surface area (Å²) in [6, 6.07) is 0. The Hall–Kier alpha value is -0.420. The van der Waals surface area contributed by atoms with Gasteiger partial charge in [0.2, 0.25) is 0 Å². The van der Waals surface area contributed by atoms with Crippen molar-refractivity contribution in [3.05, 3.63) is 11.9 Å². The van der Waals surface area contributed by atoms with Gasteiger partial charge in [0.1, 0.15) is 0 Å². The Bertz CT molecular complexity index is 301. The van der Waals surface area contributed by atoms with Gasteiger partial charge in [-0.15, -0.1) is 5.10 Å². The van der Waals surface area contributed by atoms with Crippen molar-refractivity contribution in [3.63, 3.8) is 0 Å². The molecule has 0 saturated heterocycles. The molecule has 1 rings (SSSR count). The van der Waals surface area contributed by atoms with E-state index in [4.69, 9.17) is 4.74 Å². The third kappa shape index (κ3) is 4.61. The Kier molecular flexibility index (Phi) is 5.98. The molecular formula is C11H20BrN3O. The van der Waals surface area contributed by atoms with Crippen molar-refractivity contribution in [3.8, 4) is 0 Å². The van der Waals surface area contributed by atoms with Crippen molar-refractivity contribution < 1.29 is 4.74 Å². The van der Waals surface area contributed by atoms with Crippen LogP contribution in [0.15, 0.2) is 6.20 Å². The summed E-state index contributed by atoms with van der Waals surface area (Å²) in [6.07, 6.45) is 2.99. The number of ether oxygens (including phenoxy) is 1. The highest BCUT2D eigenvalue weighted by Gasteiger charge is 2.09. The smallest absolute Gasteiger partial charge is 0.0963 e. The highest BCUT2D eigenvalue weighted by molar-refractivity contribution is 9.09. The van der Waals surface area contributed by atoms with Crippen LogP contribution >= 0.6 is 15.9 Å². The first kappa shape index (κ1) is 13.6. The maximum atomic E-state index is 5.49. The van der Waals surface area contributed by atoms with Gasteiger partial charge in [-0.25, -0.2) is 4.68 Å². The van der Waals surface area contributed by atoms with Gasteiger partial charge < -0.3 is 4.74 Å². The zero-order valence-electron chi connectivity index (χ0n) is 10.2. The molecule has 0 amide bonds. The number of nitrogens with zero attached hydrogens (tertiary/aromatic N) is 3. The third-order valence-electron chi connectivity index (χ3n) is 2.15. The molecule has 0 spiro atoms. The molecule has 4 nitrogen and oxygen atoms in total. The van der Waals surface area contributed by atoms with Crippen molar-refractivity contribution in [2.75, 3.05) is 13.2 Å². The van der Waals surface area contributed by atoms with Crippen LogP contribution in [0.4, 0.5) is 0 Å². The van der Waals surface area contributed by atoms with E-state index >= 15 is 0 Å². The predicted molar refractivity (Wildman–Crippen MR) is 67.6 cm³/mol. The van der Waals surface area contributed by atoms with E-state index in [9.17, 15) is 0 Å². The minimum Gasteiger partial charge on any atom is -0.379 e. The molecule has 0 aliphatic rings. The lowest BCUT2D eigenvalue weighted by molar-refractivity contribution is 0.101. The summed E-state index contributed by atoms with van der Waals surface area (Å²) in [4.78, 5) is 0.304. The van der Waals surface area contributed by atoms with Gasteiger partial charge in [-0.2, -0.15) is 0 Å². The Morgan fingerprint density at radius 3 is 2.88 bits per heavy atom. The van der Waals surface area contributed by atoms with Gasteiger partial charge in [-0.05, 0) is 12.3 Å². The molecule has 1 heterocycles. The monoisotopic (exact) mass is 289 g/mol. The number of alkyl halides is 1. The molecule has 1 unspecified atom stereocenters. The molecule has 1 aromatic rings. The molecule has 0 fully saturated rings. The molecule has 1 atom stereocenters. The van der Waals surface area contributed by atoms with E-state index in [1.54, 1.807) is 0 Å². The molecule has 16 heavy (non-hydrogen) atoms. The largest absolute Gasteiger partial charge is 0.379 e. The molecule has 1 aromatic heterocycles. The molecule has 0 aliphatic carbocycles. The second kappa shape index (κ2) is 7.01. The first-order valence-corrected chi connectivity index (χ1v) is 6.66. The average Bonchev–Trinajstić information content (AvgIpc) is 2.71. The standard InChI is InChI=1S/C11H20BrN3O/c1-4-10(12)11-7-15(14-13-11)5-6-16-8-9(2)3/h7,9-10H,4-6,8H2,1-3H3. The van der Waals surface area contributed by atoms with Crippen LogP contribution in [-0.2, 0) is 11.3 Å². The number of hydrogen-bond donors (Lipinski definition) is 0. The summed E-state index contributed by atoms with van der Waals surface area (Å²) in [7, 11) is 0. The van der Waals surface area contributed by atoms with Crippen LogP contribution in [0.5, 0.6) is 0 Å². The minimum atomic E-state index is 0.304. The lowest BCUT2D eigenvalue weighted by Crippen LogP contribution is -2.09. The van der Waals surface area contributed by atoms with E-state index in [2.05, 4.69) is 47.0 Å². The highest BCUT2D eigenvalue weighted by Crippen LogP contribution is 2.23. The van der Waals surface area contributed by atoms with Gasteiger partial charge in [-0.3, -0.25) is 0 Å². The maximum Gasteiger partial charge on any atom is 0.0963 e. The fraction of sp³-hybridized carbons (Fsp3) is 0.818. The Balaban J connectivity index is 2.29. The van der Waals surface area contributed by atoms with Crippen molar-refractivity contribution in [1.82, 2.24) is 15.0 Å². The van der Waals surface area contributed by atoms with Crippen LogP contribution in [0.2, 0.25) is 0 Å². The summed E-state index contributed by atoms with van der Waals surface area (Å²) in [5.74, 6) is 0.582. The fourth-order valence-corrected chi connectivity index (χ4v) is 1.46. The van der Waals surface area contributed by atoms with E-state index in [0.29, 0.717) is 17.4 Å². The van der Waals surface area contributed by atoms with Crippen molar-refractivity contribution in [2.45, 2.75) is 38.6 Å². The highest BCUT2D eigenvalue weighted by atomic mass is 79.9. The minimum absolute atomic E-state index is 0.304. The van der Waals surface area contributed by atoms with Crippen molar-refractivity contribution >= 4 is 15.9 Å². The van der Waals surface area contributed by atoms with Crippen LogP contribution in [0.3, 0.4) is 0 Å². The van der Waals surface area contributed by atoms with Gasteiger partial charge in [0.05, 0.1) is 23.7 Å². The number of aromatic nitrogens is 3. The van der Waals surface area contributed by atoms with E-state index < -0.39 is 0 Å². The van der Waals surface area contributed by atoms with Gasteiger partial charge >= 0.3 is 0 Å². The lowest BCUT2D eigenvalue weighted by Gasteiger charge is -2.06. The molecule has 0 saturated carbocycles. The topological polar surface area (TPSA) is 39.9 Å². The maximum absolute atomic E-state index is 5.49. The van der Waals surface area contributed by atoms with Crippen LogP contribution in [0.1, 0.15) is 37.7 Å². The molecule has 0 bridgehead atoms. The van der Waals surface area contributed by atoms with Crippen molar-refractivity contribution in [2.24, 2.45) is 5.92 Å². The van der Waals surface area contributed by atoms with E-state index in [-0.39, 0.29) is 0 Å². The van der Waals surface area contributed by atoms with E-state index in [0.717, 1.165) is 25.3 Å². The molecule has 5 heteroatoms. The summed E-state index contributed by atoms with van der Waals surface area (Å²) >= 11 is 3.55. The van der Waals surface area contributed by atoms with Gasteiger partial charge in [0.25, 0.3) is 0 Å². The second-order valence-electron chi connectivity index (χ2n) is 4.25. The fourth-order valence-electron chi connectivity index (χ4n) is 1.25. The Labute approximate surface area is 105 Å². The van der Waals surface area contributed by atoms with Crippen LogP contribution in [0.25, 0.3) is 0 Å². The van der Waals surface area contributed by atoms with Gasteiger partial charge in [0, 0.05) is 12.8 Å². The first-order valence-electron chi connectivity index (χ1n) is 5.75. The molecule has 0 aromatic carbocycles. The summed E-state index contributed by atoms with van der Waals surface area (Å²) < 4.78 is 7.33. The molecule has 0 radical (unpaired) electrons. The third-order valence-corrected chi connectivity index (χ3v) is 3.27. The average molecular weight is 290 g/mol. The first-order chi connectivity index (χ1) is 7.63. The normalized spacial score (nSPS) is 13.3. The lowest BCUT2D eigenvalue weighted by atomic mass is 10.2. The van der Waals surface area contributed by atoms with E-state index in [1.807, 2.05) is 10.9 Å². The Morgan fingerprint density at radius 1 is 1.50 bits per heavy atom. The zero-order valence-corrected chi connectivity index (χ0v) is 11.8. The van der Waals surface area contributed by atoms with Crippen LogP contribution < -0.4 is 0 Å². The summed E-state index contributed by atoms with van der Waals surface area (Å²) in [6.45, 7) is 8.67. The number of hydrogen-bond acceptors (Lipinski definition) is 3. The van der Waals surface area contributed by atoms with Crippen LogP contribution in [-0.4, -0.2) is 28.2 Å². The van der Waals surface area contributed by atoms with E-state index in [1.165, 1.54) is 0 Å². The molecule has 0 aliphatic heterocycles. The molecular weight excluding hydrogens is 270 g/mol.